The van der Waals surface area contributed by atoms with E-state index in [0.717, 1.165) is 6.07 Å². The Kier molecular flexibility index (Phi) is 5.24. The van der Waals surface area contributed by atoms with Crippen molar-refractivity contribution in [3.8, 4) is 22.6 Å². The fraction of sp³-hybridized carbons (Fsp3) is 0.190. The maximum Gasteiger partial charge on any atom is 0.417 e. The van der Waals surface area contributed by atoms with Crippen molar-refractivity contribution >= 4 is 21.0 Å². The minimum absolute atomic E-state index is 0.0268. The molecule has 6 nitrogen and oxygen atoms in total. The molecule has 0 saturated carbocycles. The Labute approximate surface area is 180 Å². The molecule has 166 valence electrons. The van der Waals surface area contributed by atoms with Gasteiger partial charge in [-0.05, 0) is 29.8 Å². The van der Waals surface area contributed by atoms with E-state index in [1.807, 2.05) is 0 Å². The van der Waals surface area contributed by atoms with Gasteiger partial charge in [-0.3, -0.25) is 4.98 Å². The molecule has 0 radical (unpaired) electrons. The van der Waals surface area contributed by atoms with Crippen molar-refractivity contribution in [3.05, 3.63) is 60.2 Å². The van der Waals surface area contributed by atoms with Gasteiger partial charge in [-0.15, -0.1) is 0 Å². The first-order valence-corrected chi connectivity index (χ1v) is 11.1. The molecule has 3 aromatic heterocycles. The van der Waals surface area contributed by atoms with E-state index in [1.54, 1.807) is 6.07 Å². The van der Waals surface area contributed by atoms with Crippen molar-refractivity contribution in [2.75, 3.05) is 5.75 Å². The Morgan fingerprint density at radius 1 is 1.03 bits per heavy atom. The fourth-order valence-electron chi connectivity index (χ4n) is 3.27. The van der Waals surface area contributed by atoms with Gasteiger partial charge in [0.2, 0.25) is 0 Å². The second-order valence-electron chi connectivity index (χ2n) is 7.04. The highest BCUT2D eigenvalue weighted by Gasteiger charge is 2.32. The Balaban J connectivity index is 1.95. The van der Waals surface area contributed by atoms with Crippen LogP contribution in [0.2, 0.25) is 0 Å². The van der Waals surface area contributed by atoms with Crippen LogP contribution in [0.15, 0.2) is 53.7 Å². The quantitative estimate of drug-likeness (QED) is 0.411. The van der Waals surface area contributed by atoms with Crippen LogP contribution in [-0.2, 0) is 23.1 Å². The number of imidazole rings is 1. The molecule has 3 heterocycles. The van der Waals surface area contributed by atoms with E-state index >= 15 is 0 Å². The molecule has 0 amide bonds. The predicted octanol–water partition coefficient (Wildman–Crippen LogP) is 4.65. The summed E-state index contributed by atoms with van der Waals surface area (Å²) in [6.07, 6.45) is -2.54. The number of benzene rings is 1. The van der Waals surface area contributed by atoms with E-state index in [4.69, 9.17) is 0 Å². The van der Waals surface area contributed by atoms with Crippen LogP contribution in [0.5, 0.6) is 0 Å². The van der Waals surface area contributed by atoms with Crippen molar-refractivity contribution in [2.24, 2.45) is 7.05 Å². The number of nitrogens with zero attached hydrogens (tertiary/aromatic N) is 4. The molecule has 11 heteroatoms. The number of sulfone groups is 1. The lowest BCUT2D eigenvalue weighted by atomic mass is 10.1. The zero-order chi connectivity index (χ0) is 23.3. The smallest absolute Gasteiger partial charge is 0.310 e. The Morgan fingerprint density at radius 3 is 2.44 bits per heavy atom. The van der Waals surface area contributed by atoms with Gasteiger partial charge in [0, 0.05) is 25.0 Å². The molecular weight excluding hydrogens is 448 g/mol. The predicted molar refractivity (Wildman–Crippen MR) is 110 cm³/mol. The summed E-state index contributed by atoms with van der Waals surface area (Å²) in [4.78, 5) is 12.1. The van der Waals surface area contributed by atoms with Crippen LogP contribution < -0.4 is 0 Å². The van der Waals surface area contributed by atoms with Gasteiger partial charge < -0.3 is 4.57 Å². The molecule has 0 atom stereocenters. The zero-order valence-electron chi connectivity index (χ0n) is 16.9. The van der Waals surface area contributed by atoms with E-state index in [2.05, 4.69) is 15.0 Å². The zero-order valence-corrected chi connectivity index (χ0v) is 17.7. The normalized spacial score (nSPS) is 12.4. The molecule has 32 heavy (non-hydrogen) atoms. The molecule has 0 bridgehead atoms. The molecule has 0 aliphatic heterocycles. The van der Waals surface area contributed by atoms with Crippen LogP contribution in [0.25, 0.3) is 33.8 Å². The van der Waals surface area contributed by atoms with Crippen LogP contribution in [0.3, 0.4) is 0 Å². The minimum Gasteiger partial charge on any atom is -0.310 e. The number of hydrogen-bond acceptors (Lipinski definition) is 5. The summed E-state index contributed by atoms with van der Waals surface area (Å²) < 4.78 is 79.9. The second-order valence-corrected chi connectivity index (χ2v) is 9.29. The summed E-state index contributed by atoms with van der Waals surface area (Å²) in [6, 6.07) is 7.82. The van der Waals surface area contributed by atoms with Gasteiger partial charge in [0.1, 0.15) is 17.0 Å². The maximum absolute atomic E-state index is 13.6. The van der Waals surface area contributed by atoms with Crippen LogP contribution in [0.4, 0.5) is 17.6 Å². The summed E-state index contributed by atoms with van der Waals surface area (Å²) in [6.45, 7) is 1.46. The van der Waals surface area contributed by atoms with E-state index in [-0.39, 0.29) is 33.3 Å². The number of aromatic nitrogens is 4. The third-order valence-corrected chi connectivity index (χ3v) is 6.72. The van der Waals surface area contributed by atoms with Crippen molar-refractivity contribution < 1.29 is 26.0 Å². The van der Waals surface area contributed by atoms with Crippen LogP contribution in [0.1, 0.15) is 12.5 Å². The maximum atomic E-state index is 13.6. The van der Waals surface area contributed by atoms with E-state index in [0.29, 0.717) is 17.3 Å². The molecule has 0 aliphatic rings. The lowest BCUT2D eigenvalue weighted by molar-refractivity contribution is -0.137. The number of aryl methyl sites for hydroxylation is 1. The lowest BCUT2D eigenvalue weighted by Gasteiger charge is -2.11. The van der Waals surface area contributed by atoms with Crippen molar-refractivity contribution in [1.29, 1.82) is 0 Å². The largest absolute Gasteiger partial charge is 0.417 e. The number of pyridine rings is 2. The standard InChI is InChI=1S/C21H16F4N4O2S/c1-3-32(30,31)17-8-13(12-5-4-6-15(22)7-12)10-26-18(17)20-28-16-9-14(21(23,24)25)11-27-19(16)29(20)2/h4-11H,3H2,1-2H3. The van der Waals surface area contributed by atoms with Gasteiger partial charge in [0.15, 0.2) is 21.3 Å². The van der Waals surface area contributed by atoms with Gasteiger partial charge in [0.25, 0.3) is 0 Å². The molecule has 0 N–H and O–H groups in total. The molecule has 0 spiro atoms. The van der Waals surface area contributed by atoms with Crippen LogP contribution >= 0.6 is 0 Å². The summed E-state index contributed by atoms with van der Waals surface area (Å²) in [5.74, 6) is -0.688. The van der Waals surface area contributed by atoms with E-state index < -0.39 is 27.4 Å². The highest BCUT2D eigenvalue weighted by molar-refractivity contribution is 7.91. The fourth-order valence-corrected chi connectivity index (χ4v) is 4.33. The molecule has 0 unspecified atom stereocenters. The third kappa shape index (κ3) is 3.83. The topological polar surface area (TPSA) is 77.7 Å². The van der Waals surface area contributed by atoms with E-state index in [9.17, 15) is 26.0 Å². The van der Waals surface area contributed by atoms with Gasteiger partial charge in [-0.1, -0.05) is 19.1 Å². The third-order valence-electron chi connectivity index (χ3n) is 4.97. The van der Waals surface area contributed by atoms with Gasteiger partial charge >= 0.3 is 6.18 Å². The van der Waals surface area contributed by atoms with Crippen molar-refractivity contribution in [1.82, 2.24) is 19.5 Å². The first-order valence-electron chi connectivity index (χ1n) is 9.40. The van der Waals surface area contributed by atoms with E-state index in [1.165, 1.54) is 49.0 Å². The van der Waals surface area contributed by atoms with Crippen LogP contribution in [-0.4, -0.2) is 33.7 Å². The number of halogens is 4. The number of rotatable bonds is 4. The molecule has 4 rings (SSSR count). The monoisotopic (exact) mass is 464 g/mol. The van der Waals surface area contributed by atoms with Crippen molar-refractivity contribution in [2.45, 2.75) is 18.0 Å². The summed E-state index contributed by atoms with van der Waals surface area (Å²) >= 11 is 0. The Morgan fingerprint density at radius 2 is 1.78 bits per heavy atom. The number of hydrogen-bond donors (Lipinski definition) is 0. The lowest BCUT2D eigenvalue weighted by Crippen LogP contribution is -2.09. The Hall–Kier alpha value is -3.34. The second kappa shape index (κ2) is 7.66. The molecule has 4 aromatic rings. The highest BCUT2D eigenvalue weighted by Crippen LogP contribution is 2.34. The van der Waals surface area contributed by atoms with Gasteiger partial charge in [-0.2, -0.15) is 13.2 Å². The molecular formula is C21H16F4N4O2S. The molecule has 0 saturated heterocycles. The SMILES string of the molecule is CCS(=O)(=O)c1cc(-c2cccc(F)c2)cnc1-c1nc2cc(C(F)(F)F)cnc2n1C. The average molecular weight is 464 g/mol. The first-order chi connectivity index (χ1) is 15.0. The van der Waals surface area contributed by atoms with Gasteiger partial charge in [-0.25, -0.2) is 22.8 Å². The first kappa shape index (κ1) is 21.9. The summed E-state index contributed by atoms with van der Waals surface area (Å²) in [5.41, 5.74) is -0.0989. The number of fused-ring (bicyclic) bond motifs is 1. The highest BCUT2D eigenvalue weighted by atomic mass is 32.2. The van der Waals surface area contributed by atoms with Crippen molar-refractivity contribution in [3.63, 3.8) is 0 Å². The molecule has 1 aromatic carbocycles. The van der Waals surface area contributed by atoms with Gasteiger partial charge in [0.05, 0.1) is 16.2 Å². The number of alkyl halides is 3. The van der Waals surface area contributed by atoms with Crippen LogP contribution in [0, 0.1) is 5.82 Å². The summed E-state index contributed by atoms with van der Waals surface area (Å²) in [5, 5.41) is 0. The Bertz CT molecular complexity index is 1450. The minimum atomic E-state index is -4.60. The average Bonchev–Trinajstić information content (AvgIpc) is 3.08. The molecule has 0 fully saturated rings. The summed E-state index contributed by atoms with van der Waals surface area (Å²) in [7, 11) is -2.30. The molecule has 0 aliphatic carbocycles.